The molecule has 1 amide bonds. The molecule has 2 aromatic rings. The van der Waals surface area contributed by atoms with E-state index in [-0.39, 0.29) is 5.91 Å². The van der Waals surface area contributed by atoms with Crippen molar-refractivity contribution in [1.29, 1.82) is 0 Å². The van der Waals surface area contributed by atoms with Crippen LogP contribution in [0.3, 0.4) is 0 Å². The molecule has 17 heavy (non-hydrogen) atoms. The van der Waals surface area contributed by atoms with Gasteiger partial charge in [-0.3, -0.25) is 9.78 Å². The van der Waals surface area contributed by atoms with Crippen LogP contribution in [0.5, 0.6) is 0 Å². The van der Waals surface area contributed by atoms with Gasteiger partial charge in [0.05, 0.1) is 18.4 Å². The van der Waals surface area contributed by atoms with Crippen molar-refractivity contribution in [3.8, 4) is 0 Å². The molecule has 2 aromatic heterocycles. The first-order chi connectivity index (χ1) is 8.16. The SMILES string of the molecule is Cc1cnc(C(=O)N(C)Cc2ncc[nH]2)cn1. The lowest BCUT2D eigenvalue weighted by Gasteiger charge is -2.14. The maximum absolute atomic E-state index is 12.0. The van der Waals surface area contributed by atoms with Gasteiger partial charge >= 0.3 is 0 Å². The van der Waals surface area contributed by atoms with E-state index in [0.29, 0.717) is 12.2 Å². The summed E-state index contributed by atoms with van der Waals surface area (Å²) in [6.45, 7) is 2.25. The first kappa shape index (κ1) is 11.3. The highest BCUT2D eigenvalue weighted by molar-refractivity contribution is 5.91. The second kappa shape index (κ2) is 4.73. The van der Waals surface area contributed by atoms with Crippen molar-refractivity contribution < 1.29 is 4.79 Å². The molecule has 0 atom stereocenters. The number of carbonyl (C=O) groups excluding carboxylic acids is 1. The summed E-state index contributed by atoms with van der Waals surface area (Å²) in [5.74, 6) is 0.565. The molecule has 6 heteroatoms. The molecule has 0 aliphatic heterocycles. The van der Waals surface area contributed by atoms with E-state index in [1.165, 1.54) is 11.1 Å². The van der Waals surface area contributed by atoms with Crippen molar-refractivity contribution in [3.63, 3.8) is 0 Å². The fourth-order valence-corrected chi connectivity index (χ4v) is 1.38. The van der Waals surface area contributed by atoms with Crippen LogP contribution < -0.4 is 0 Å². The lowest BCUT2D eigenvalue weighted by molar-refractivity contribution is 0.0775. The minimum absolute atomic E-state index is 0.172. The van der Waals surface area contributed by atoms with E-state index in [2.05, 4.69) is 19.9 Å². The van der Waals surface area contributed by atoms with Gasteiger partial charge in [0.15, 0.2) is 0 Å². The quantitative estimate of drug-likeness (QED) is 0.847. The van der Waals surface area contributed by atoms with Crippen LogP contribution in [-0.4, -0.2) is 37.8 Å². The molecule has 0 aliphatic carbocycles. The van der Waals surface area contributed by atoms with Crippen LogP contribution in [0, 0.1) is 6.92 Å². The number of aryl methyl sites for hydroxylation is 1. The van der Waals surface area contributed by atoms with Crippen molar-refractivity contribution in [2.75, 3.05) is 7.05 Å². The van der Waals surface area contributed by atoms with Gasteiger partial charge in [0, 0.05) is 25.6 Å². The lowest BCUT2D eigenvalue weighted by atomic mass is 10.3. The number of amides is 1. The molecule has 88 valence electrons. The Hall–Kier alpha value is -2.24. The zero-order chi connectivity index (χ0) is 12.3. The van der Waals surface area contributed by atoms with E-state index in [1.807, 2.05) is 6.92 Å². The zero-order valence-electron chi connectivity index (χ0n) is 9.71. The van der Waals surface area contributed by atoms with E-state index < -0.39 is 0 Å². The summed E-state index contributed by atoms with van der Waals surface area (Å²) in [7, 11) is 1.70. The minimum Gasteiger partial charge on any atom is -0.347 e. The highest BCUT2D eigenvalue weighted by atomic mass is 16.2. The van der Waals surface area contributed by atoms with Crippen molar-refractivity contribution in [3.05, 3.63) is 42.0 Å². The molecule has 0 aromatic carbocycles. The molecule has 2 rings (SSSR count). The number of aromatic amines is 1. The molecule has 0 radical (unpaired) electrons. The van der Waals surface area contributed by atoms with Crippen molar-refractivity contribution in [2.24, 2.45) is 0 Å². The monoisotopic (exact) mass is 231 g/mol. The molecule has 2 heterocycles. The molecular weight excluding hydrogens is 218 g/mol. The third-order valence-electron chi connectivity index (χ3n) is 2.29. The molecule has 0 saturated heterocycles. The highest BCUT2D eigenvalue weighted by Gasteiger charge is 2.14. The number of nitrogens with zero attached hydrogens (tertiary/aromatic N) is 4. The Balaban J connectivity index is 2.07. The van der Waals surface area contributed by atoms with Crippen LogP contribution in [0.15, 0.2) is 24.8 Å². The van der Waals surface area contributed by atoms with Gasteiger partial charge in [-0.2, -0.15) is 0 Å². The van der Waals surface area contributed by atoms with Gasteiger partial charge in [-0.1, -0.05) is 0 Å². The number of aromatic nitrogens is 4. The van der Waals surface area contributed by atoms with Gasteiger partial charge in [0.25, 0.3) is 5.91 Å². The second-order valence-corrected chi connectivity index (χ2v) is 3.74. The minimum atomic E-state index is -0.172. The number of nitrogens with one attached hydrogen (secondary N) is 1. The Morgan fingerprint density at radius 3 is 2.76 bits per heavy atom. The predicted molar refractivity (Wildman–Crippen MR) is 61.2 cm³/mol. The van der Waals surface area contributed by atoms with Crippen LogP contribution in [0.2, 0.25) is 0 Å². The second-order valence-electron chi connectivity index (χ2n) is 3.74. The van der Waals surface area contributed by atoms with Gasteiger partial charge in [0.1, 0.15) is 11.5 Å². The van der Waals surface area contributed by atoms with E-state index in [0.717, 1.165) is 11.5 Å². The summed E-state index contributed by atoms with van der Waals surface area (Å²) < 4.78 is 0. The predicted octanol–water partition coefficient (Wildman–Crippen LogP) is 0.780. The van der Waals surface area contributed by atoms with Gasteiger partial charge in [-0.25, -0.2) is 9.97 Å². The van der Waals surface area contributed by atoms with E-state index in [9.17, 15) is 4.79 Å². The van der Waals surface area contributed by atoms with Crippen molar-refractivity contribution in [2.45, 2.75) is 13.5 Å². The fraction of sp³-hybridized carbons (Fsp3) is 0.273. The topological polar surface area (TPSA) is 74.8 Å². The number of hydrogen-bond acceptors (Lipinski definition) is 4. The summed E-state index contributed by atoms with van der Waals surface area (Å²) in [5.41, 5.74) is 1.12. The number of carbonyl (C=O) groups is 1. The summed E-state index contributed by atoms with van der Waals surface area (Å²) in [4.78, 5) is 28.6. The molecule has 0 saturated carbocycles. The number of rotatable bonds is 3. The van der Waals surface area contributed by atoms with Crippen LogP contribution in [-0.2, 0) is 6.54 Å². The normalized spacial score (nSPS) is 10.2. The lowest BCUT2D eigenvalue weighted by Crippen LogP contribution is -2.27. The highest BCUT2D eigenvalue weighted by Crippen LogP contribution is 2.02. The van der Waals surface area contributed by atoms with Crippen LogP contribution in [0.25, 0.3) is 0 Å². The summed E-state index contributed by atoms with van der Waals surface area (Å²) in [6, 6.07) is 0. The average Bonchev–Trinajstić information content (AvgIpc) is 2.82. The molecule has 0 bridgehead atoms. The zero-order valence-corrected chi connectivity index (χ0v) is 9.71. The standard InChI is InChI=1S/C11H13N5O/c1-8-5-15-9(6-14-8)11(17)16(2)7-10-12-3-4-13-10/h3-6H,7H2,1-2H3,(H,12,13). The average molecular weight is 231 g/mol. The van der Waals surface area contributed by atoms with E-state index >= 15 is 0 Å². The number of H-pyrrole nitrogens is 1. The summed E-state index contributed by atoms with van der Waals surface area (Å²) in [5, 5.41) is 0. The summed E-state index contributed by atoms with van der Waals surface area (Å²) >= 11 is 0. The van der Waals surface area contributed by atoms with Crippen molar-refractivity contribution in [1.82, 2.24) is 24.8 Å². The molecule has 0 fully saturated rings. The van der Waals surface area contributed by atoms with Gasteiger partial charge in [-0.15, -0.1) is 0 Å². The maximum atomic E-state index is 12.0. The largest absolute Gasteiger partial charge is 0.347 e. The Bertz CT molecular complexity index is 491. The molecular formula is C11H13N5O. The van der Waals surface area contributed by atoms with Gasteiger partial charge in [-0.05, 0) is 6.92 Å². The first-order valence-corrected chi connectivity index (χ1v) is 5.19. The molecule has 6 nitrogen and oxygen atoms in total. The fourth-order valence-electron chi connectivity index (χ4n) is 1.38. The Kier molecular flexibility index (Phi) is 3.13. The molecule has 0 unspecified atom stereocenters. The number of imidazole rings is 1. The molecule has 0 aliphatic rings. The van der Waals surface area contributed by atoms with Gasteiger partial charge in [0.2, 0.25) is 0 Å². The Morgan fingerprint density at radius 1 is 1.35 bits per heavy atom. The molecule has 1 N–H and O–H groups in total. The van der Waals surface area contributed by atoms with Crippen LogP contribution >= 0.6 is 0 Å². The summed E-state index contributed by atoms with van der Waals surface area (Å²) in [6.07, 6.45) is 6.43. The van der Waals surface area contributed by atoms with E-state index in [4.69, 9.17) is 0 Å². The van der Waals surface area contributed by atoms with Crippen molar-refractivity contribution >= 4 is 5.91 Å². The Morgan fingerprint density at radius 2 is 2.18 bits per heavy atom. The first-order valence-electron chi connectivity index (χ1n) is 5.19. The van der Waals surface area contributed by atoms with Crippen LogP contribution in [0.4, 0.5) is 0 Å². The number of hydrogen-bond donors (Lipinski definition) is 1. The smallest absolute Gasteiger partial charge is 0.274 e. The third-order valence-corrected chi connectivity index (χ3v) is 2.29. The van der Waals surface area contributed by atoms with E-state index in [1.54, 1.807) is 25.6 Å². The maximum Gasteiger partial charge on any atom is 0.274 e. The van der Waals surface area contributed by atoms with Crippen LogP contribution in [0.1, 0.15) is 22.0 Å². The molecule has 0 spiro atoms. The van der Waals surface area contributed by atoms with Gasteiger partial charge < -0.3 is 9.88 Å². The Labute approximate surface area is 98.7 Å². The third kappa shape index (κ3) is 2.66.